The summed E-state index contributed by atoms with van der Waals surface area (Å²) in [5, 5.41) is 0. The molecule has 3 heteroatoms. The lowest BCUT2D eigenvalue weighted by molar-refractivity contribution is 0.100. The van der Waals surface area contributed by atoms with Gasteiger partial charge in [-0.2, -0.15) is 0 Å². The second-order valence-corrected chi connectivity index (χ2v) is 4.07. The molecule has 0 N–H and O–H groups in total. The van der Waals surface area contributed by atoms with Crippen molar-refractivity contribution in [3.8, 4) is 0 Å². The Bertz CT molecular complexity index is 380. The number of carbonyl (C=O) groups excluding carboxylic acids is 1. The van der Waals surface area contributed by atoms with Gasteiger partial charge < -0.3 is 9.80 Å². The first kappa shape index (κ1) is 12.3. The lowest BCUT2D eigenvalue weighted by Crippen LogP contribution is -2.22. The van der Waals surface area contributed by atoms with Crippen LogP contribution in [0.3, 0.4) is 0 Å². The molecule has 0 bridgehead atoms. The van der Waals surface area contributed by atoms with Crippen LogP contribution in [-0.4, -0.2) is 43.8 Å². The van der Waals surface area contributed by atoms with Gasteiger partial charge in [0.2, 0.25) is 5.78 Å². The molecule has 0 fully saturated rings. The second kappa shape index (κ2) is 5.35. The van der Waals surface area contributed by atoms with Crippen molar-refractivity contribution in [1.29, 1.82) is 0 Å². The van der Waals surface area contributed by atoms with Crippen molar-refractivity contribution in [3.63, 3.8) is 0 Å². The van der Waals surface area contributed by atoms with Crippen molar-refractivity contribution in [2.45, 2.75) is 0 Å². The zero-order valence-electron chi connectivity index (χ0n) is 10.3. The molecule has 0 amide bonds. The molecule has 0 spiro atoms. The molecule has 0 aromatic heterocycles. The number of Topliss-reactive ketones (excluding diaryl/α,β-unsaturated/α-hetero) is 1. The van der Waals surface area contributed by atoms with E-state index in [0.29, 0.717) is 11.3 Å². The summed E-state index contributed by atoms with van der Waals surface area (Å²) in [5.74, 6) is 0.0410. The van der Waals surface area contributed by atoms with Crippen molar-refractivity contribution in [2.24, 2.45) is 0 Å². The Morgan fingerprint density at radius 2 is 1.62 bits per heavy atom. The average molecular weight is 218 g/mol. The first-order valence-electron chi connectivity index (χ1n) is 5.17. The topological polar surface area (TPSA) is 23.6 Å². The predicted molar refractivity (Wildman–Crippen MR) is 66.2 cm³/mol. The number of hydrogen-bond acceptors (Lipinski definition) is 3. The minimum Gasteiger partial charge on any atom is -0.382 e. The van der Waals surface area contributed by atoms with E-state index in [0.717, 1.165) is 0 Å². The highest BCUT2D eigenvalue weighted by atomic mass is 16.1. The molecule has 0 heterocycles. The quantitative estimate of drug-likeness (QED) is 0.569. The molecule has 1 aromatic carbocycles. The number of hydrogen-bond donors (Lipinski definition) is 0. The average Bonchev–Trinajstić information content (AvgIpc) is 2.25. The Labute approximate surface area is 97.0 Å². The van der Waals surface area contributed by atoms with Crippen LogP contribution in [0.5, 0.6) is 0 Å². The van der Waals surface area contributed by atoms with Crippen LogP contribution in [0.25, 0.3) is 0 Å². The maximum absolute atomic E-state index is 12.2. The van der Waals surface area contributed by atoms with Crippen molar-refractivity contribution in [2.75, 3.05) is 28.2 Å². The summed E-state index contributed by atoms with van der Waals surface area (Å²) in [4.78, 5) is 15.9. The van der Waals surface area contributed by atoms with E-state index in [1.807, 2.05) is 74.5 Å². The molecule has 16 heavy (non-hydrogen) atoms. The van der Waals surface area contributed by atoms with E-state index in [2.05, 4.69) is 0 Å². The van der Waals surface area contributed by atoms with Gasteiger partial charge in [0.25, 0.3) is 0 Å². The highest BCUT2D eigenvalue weighted by Gasteiger charge is 2.13. The molecule has 3 nitrogen and oxygen atoms in total. The van der Waals surface area contributed by atoms with Crippen LogP contribution < -0.4 is 0 Å². The smallest absolute Gasteiger partial charge is 0.210 e. The van der Waals surface area contributed by atoms with Crippen LogP contribution in [0.4, 0.5) is 0 Å². The molecule has 0 aliphatic carbocycles. The fourth-order valence-corrected chi connectivity index (χ4v) is 1.36. The summed E-state index contributed by atoms with van der Waals surface area (Å²) in [6, 6.07) is 9.30. The van der Waals surface area contributed by atoms with E-state index in [-0.39, 0.29) is 5.78 Å². The van der Waals surface area contributed by atoms with Crippen molar-refractivity contribution >= 4 is 5.78 Å². The second-order valence-electron chi connectivity index (χ2n) is 4.07. The molecule has 0 unspecified atom stereocenters. The fourth-order valence-electron chi connectivity index (χ4n) is 1.36. The molecule has 0 radical (unpaired) electrons. The van der Waals surface area contributed by atoms with Crippen LogP contribution >= 0.6 is 0 Å². The molecule has 0 aliphatic rings. The Morgan fingerprint density at radius 1 is 1.06 bits per heavy atom. The van der Waals surface area contributed by atoms with Gasteiger partial charge in [0, 0.05) is 40.0 Å². The molecule has 0 aliphatic heterocycles. The van der Waals surface area contributed by atoms with E-state index in [9.17, 15) is 4.79 Å². The molecular weight excluding hydrogens is 200 g/mol. The van der Waals surface area contributed by atoms with Crippen LogP contribution in [0.15, 0.2) is 42.2 Å². The zero-order chi connectivity index (χ0) is 12.1. The van der Waals surface area contributed by atoms with Crippen LogP contribution in [0.2, 0.25) is 0 Å². The number of likely N-dealkylation sites (N-methyl/N-ethyl adjacent to an activating group) is 1. The van der Waals surface area contributed by atoms with E-state index < -0.39 is 0 Å². The van der Waals surface area contributed by atoms with Crippen molar-refractivity contribution in [1.82, 2.24) is 9.80 Å². The Morgan fingerprint density at radius 3 is 2.06 bits per heavy atom. The van der Waals surface area contributed by atoms with E-state index in [1.54, 1.807) is 0 Å². The van der Waals surface area contributed by atoms with Crippen LogP contribution in [-0.2, 0) is 0 Å². The largest absolute Gasteiger partial charge is 0.382 e. The highest BCUT2D eigenvalue weighted by molar-refractivity contribution is 6.08. The van der Waals surface area contributed by atoms with E-state index in [4.69, 9.17) is 0 Å². The predicted octanol–water partition coefficient (Wildman–Crippen LogP) is 1.83. The normalized spacial score (nSPS) is 11.1. The molecule has 0 atom stereocenters. The minimum absolute atomic E-state index is 0.0410. The number of benzene rings is 1. The first-order valence-corrected chi connectivity index (χ1v) is 5.17. The van der Waals surface area contributed by atoms with E-state index >= 15 is 0 Å². The molecular formula is C13H18N2O. The summed E-state index contributed by atoms with van der Waals surface area (Å²) in [5.41, 5.74) is 1.39. The third-order valence-corrected chi connectivity index (χ3v) is 2.13. The zero-order valence-corrected chi connectivity index (χ0v) is 10.3. The van der Waals surface area contributed by atoms with Crippen molar-refractivity contribution in [3.05, 3.63) is 47.8 Å². The summed E-state index contributed by atoms with van der Waals surface area (Å²) in [7, 11) is 7.55. The lowest BCUT2D eigenvalue weighted by Gasteiger charge is -2.18. The van der Waals surface area contributed by atoms with Gasteiger partial charge >= 0.3 is 0 Å². The Balaban J connectivity index is 3.02. The maximum atomic E-state index is 12.2. The van der Waals surface area contributed by atoms with Gasteiger partial charge in [-0.3, -0.25) is 4.79 Å². The van der Waals surface area contributed by atoms with Gasteiger partial charge in [-0.25, -0.2) is 0 Å². The Kier molecular flexibility index (Phi) is 4.11. The number of carbonyl (C=O) groups is 1. The summed E-state index contributed by atoms with van der Waals surface area (Å²) in [6.07, 6.45) is 1.83. The molecule has 86 valence electrons. The summed E-state index contributed by atoms with van der Waals surface area (Å²) >= 11 is 0. The summed E-state index contributed by atoms with van der Waals surface area (Å²) in [6.45, 7) is 0. The van der Waals surface area contributed by atoms with Crippen molar-refractivity contribution < 1.29 is 4.79 Å². The van der Waals surface area contributed by atoms with Gasteiger partial charge in [0.15, 0.2) is 0 Å². The number of nitrogens with zero attached hydrogens (tertiary/aromatic N) is 2. The monoisotopic (exact) mass is 218 g/mol. The third kappa shape index (κ3) is 3.12. The minimum atomic E-state index is 0.0410. The van der Waals surface area contributed by atoms with Gasteiger partial charge in [-0.1, -0.05) is 30.3 Å². The first-order chi connectivity index (χ1) is 7.52. The van der Waals surface area contributed by atoms with Crippen LogP contribution in [0.1, 0.15) is 10.4 Å². The third-order valence-electron chi connectivity index (χ3n) is 2.13. The van der Waals surface area contributed by atoms with Crippen LogP contribution in [0, 0.1) is 0 Å². The molecule has 0 saturated carbocycles. The number of allylic oxidation sites excluding steroid dienone is 1. The van der Waals surface area contributed by atoms with Gasteiger partial charge in [0.05, 0.1) is 0 Å². The standard InChI is InChI=1S/C13H18N2O/c1-14(2)10-12(15(3)4)13(16)11-8-6-5-7-9-11/h5-10H,1-4H3/b12-10-. The number of rotatable bonds is 4. The van der Waals surface area contributed by atoms with Gasteiger partial charge in [0.1, 0.15) is 5.70 Å². The summed E-state index contributed by atoms with van der Waals surface area (Å²) < 4.78 is 0. The number of ketones is 1. The Hall–Kier alpha value is -1.77. The van der Waals surface area contributed by atoms with Gasteiger partial charge in [-0.15, -0.1) is 0 Å². The highest BCUT2D eigenvalue weighted by Crippen LogP contribution is 2.10. The molecule has 1 aromatic rings. The molecule has 0 saturated heterocycles. The fraction of sp³-hybridized carbons (Fsp3) is 0.308. The van der Waals surface area contributed by atoms with Gasteiger partial charge in [-0.05, 0) is 0 Å². The van der Waals surface area contributed by atoms with E-state index in [1.165, 1.54) is 0 Å². The SMILES string of the molecule is CN(C)/C=C(/C(=O)c1ccccc1)N(C)C. The molecule has 1 rings (SSSR count). The lowest BCUT2D eigenvalue weighted by atomic mass is 10.1. The maximum Gasteiger partial charge on any atom is 0.210 e.